The summed E-state index contributed by atoms with van der Waals surface area (Å²) in [5, 5.41) is 8.11. The van der Waals surface area contributed by atoms with Gasteiger partial charge in [0.2, 0.25) is 0 Å². The number of fused-ring (bicyclic) bond motifs is 1. The second kappa shape index (κ2) is 8.00. The van der Waals surface area contributed by atoms with Crippen LogP contribution in [0.25, 0.3) is 0 Å². The molecule has 30 heavy (non-hydrogen) atoms. The number of amides is 1. The Morgan fingerprint density at radius 3 is 2.53 bits per heavy atom. The van der Waals surface area contributed by atoms with Gasteiger partial charge in [-0.25, -0.2) is 0 Å². The van der Waals surface area contributed by atoms with Crippen molar-refractivity contribution in [1.82, 2.24) is 0 Å². The highest BCUT2D eigenvalue weighted by molar-refractivity contribution is 6.31. The summed E-state index contributed by atoms with van der Waals surface area (Å²) in [6.07, 6.45) is 1.54. The number of rotatable bonds is 4. The number of benzene rings is 2. The van der Waals surface area contributed by atoms with Crippen molar-refractivity contribution in [3.8, 4) is 0 Å². The van der Waals surface area contributed by atoms with E-state index in [2.05, 4.69) is 29.7 Å². The zero-order valence-corrected chi connectivity index (χ0v) is 18.0. The van der Waals surface area contributed by atoms with Gasteiger partial charge in [0.15, 0.2) is 5.76 Å². The van der Waals surface area contributed by atoms with Crippen molar-refractivity contribution in [3.63, 3.8) is 0 Å². The Kier molecular flexibility index (Phi) is 5.39. The summed E-state index contributed by atoms with van der Waals surface area (Å²) >= 11 is 6.03. The molecule has 3 aromatic rings. The topological polar surface area (TPSA) is 66.6 Å². The third-order valence-corrected chi connectivity index (χ3v) is 5.41. The number of para-hydroxylation sites is 1. The van der Waals surface area contributed by atoms with Crippen molar-refractivity contribution in [2.24, 2.45) is 10.5 Å². The molecule has 2 aromatic carbocycles. The monoisotopic (exact) mass is 421 g/mol. The summed E-state index contributed by atoms with van der Waals surface area (Å²) < 4.78 is 6.07. The Labute approximate surface area is 181 Å². The minimum absolute atomic E-state index is 0.0187. The molecule has 2 N–H and O–H groups in total. The van der Waals surface area contributed by atoms with E-state index in [1.54, 1.807) is 24.3 Å². The molecule has 1 aliphatic rings. The van der Waals surface area contributed by atoms with Gasteiger partial charge >= 0.3 is 0 Å². The predicted molar refractivity (Wildman–Crippen MR) is 122 cm³/mol. The minimum Gasteiger partial charge on any atom is -0.455 e. The van der Waals surface area contributed by atoms with Gasteiger partial charge in [-0.1, -0.05) is 49.7 Å². The van der Waals surface area contributed by atoms with Crippen LogP contribution in [0.2, 0.25) is 5.02 Å². The van der Waals surface area contributed by atoms with E-state index >= 15 is 0 Å². The van der Waals surface area contributed by atoms with Crippen molar-refractivity contribution >= 4 is 34.6 Å². The van der Waals surface area contributed by atoms with Crippen molar-refractivity contribution in [2.45, 2.75) is 33.6 Å². The molecule has 1 amide bonds. The molecular formula is C24H24ClN3O2. The molecule has 5 nitrogen and oxygen atoms in total. The van der Waals surface area contributed by atoms with Crippen molar-refractivity contribution in [3.05, 3.63) is 82.3 Å². The Balaban J connectivity index is 1.67. The Morgan fingerprint density at radius 1 is 1.07 bits per heavy atom. The second-order valence-corrected chi connectivity index (χ2v) is 8.81. The first kappa shape index (κ1) is 20.2. The molecule has 0 saturated carbocycles. The fourth-order valence-corrected chi connectivity index (χ4v) is 4.02. The van der Waals surface area contributed by atoms with E-state index in [1.165, 1.54) is 0 Å². The number of hydrogen-bond donors (Lipinski definition) is 2. The molecule has 1 aliphatic carbocycles. The van der Waals surface area contributed by atoms with E-state index in [0.29, 0.717) is 16.5 Å². The highest BCUT2D eigenvalue weighted by Crippen LogP contribution is 2.39. The molecule has 0 atom stereocenters. The molecule has 0 aliphatic heterocycles. The Bertz CT molecular complexity index is 1120. The number of furan rings is 1. The molecule has 0 spiro atoms. The molecule has 0 radical (unpaired) electrons. The lowest BCUT2D eigenvalue weighted by Crippen LogP contribution is -2.27. The van der Waals surface area contributed by atoms with Crippen molar-refractivity contribution < 1.29 is 9.21 Å². The summed E-state index contributed by atoms with van der Waals surface area (Å²) in [4.78, 5) is 12.9. The van der Waals surface area contributed by atoms with Crippen LogP contribution in [0.4, 0.5) is 11.4 Å². The van der Waals surface area contributed by atoms with Crippen LogP contribution in [0.15, 0.2) is 64.1 Å². The lowest BCUT2D eigenvalue weighted by molar-refractivity contribution is 0.0993. The van der Waals surface area contributed by atoms with Crippen LogP contribution >= 0.6 is 11.6 Å². The van der Waals surface area contributed by atoms with Gasteiger partial charge in [-0.2, -0.15) is 5.10 Å². The Morgan fingerprint density at radius 2 is 1.80 bits per heavy atom. The third-order valence-electron chi connectivity index (χ3n) is 5.18. The van der Waals surface area contributed by atoms with Crippen LogP contribution in [-0.4, -0.2) is 11.6 Å². The van der Waals surface area contributed by atoms with E-state index in [4.69, 9.17) is 16.0 Å². The molecule has 0 saturated heterocycles. The molecule has 6 heteroatoms. The van der Waals surface area contributed by atoms with Gasteiger partial charge in [0.05, 0.1) is 11.4 Å². The zero-order valence-electron chi connectivity index (χ0n) is 17.3. The fourth-order valence-electron chi connectivity index (χ4n) is 3.82. The lowest BCUT2D eigenvalue weighted by atomic mass is 9.75. The number of nitrogens with one attached hydrogen (secondary N) is 2. The van der Waals surface area contributed by atoms with Gasteiger partial charge in [0.25, 0.3) is 5.91 Å². The largest absolute Gasteiger partial charge is 0.455 e. The zero-order chi connectivity index (χ0) is 21.3. The quantitative estimate of drug-likeness (QED) is 0.487. The number of halogens is 1. The average Bonchev–Trinajstić information content (AvgIpc) is 3.02. The minimum atomic E-state index is -0.294. The van der Waals surface area contributed by atoms with Gasteiger partial charge in [-0.05, 0) is 49.1 Å². The number of carbonyl (C=O) groups excluding carboxylic acids is 1. The normalized spacial score (nSPS) is 16.2. The molecule has 0 unspecified atom stereocenters. The van der Waals surface area contributed by atoms with Crippen LogP contribution in [-0.2, 0) is 6.42 Å². The standard InChI is InChI=1S/C24H24ClN3O2/c1-15-21-19(28-27-17-9-5-4-6-10-17)13-24(2,3)14-20(21)30-22(15)23(29)26-18-11-7-8-16(25)12-18/h4-12,27H,13-14H2,1-3H3,(H,26,29)/b28-19-. The van der Waals surface area contributed by atoms with Gasteiger partial charge in [-0.15, -0.1) is 0 Å². The second-order valence-electron chi connectivity index (χ2n) is 8.37. The predicted octanol–water partition coefficient (Wildman–Crippen LogP) is 6.28. The van der Waals surface area contributed by atoms with Crippen LogP contribution < -0.4 is 10.7 Å². The first-order valence-corrected chi connectivity index (χ1v) is 10.3. The molecule has 1 aromatic heterocycles. The summed E-state index contributed by atoms with van der Waals surface area (Å²) in [5.74, 6) is 0.816. The van der Waals surface area contributed by atoms with E-state index in [0.717, 1.165) is 41.1 Å². The highest BCUT2D eigenvalue weighted by atomic mass is 35.5. The maximum atomic E-state index is 12.9. The first-order valence-electron chi connectivity index (χ1n) is 9.89. The number of carbonyl (C=O) groups is 1. The lowest BCUT2D eigenvalue weighted by Gasteiger charge is -2.29. The summed E-state index contributed by atoms with van der Waals surface area (Å²) in [6, 6.07) is 16.9. The van der Waals surface area contributed by atoms with E-state index in [-0.39, 0.29) is 11.3 Å². The SMILES string of the molecule is Cc1c(C(=O)Nc2cccc(Cl)c2)oc2c1/C(=N\Nc1ccccc1)CC(C)(C)C2. The number of hydrazone groups is 1. The molecule has 154 valence electrons. The van der Waals surface area contributed by atoms with Gasteiger partial charge < -0.3 is 9.73 Å². The fraction of sp³-hybridized carbons (Fsp3) is 0.250. The smallest absolute Gasteiger partial charge is 0.291 e. The summed E-state index contributed by atoms with van der Waals surface area (Å²) in [6.45, 7) is 6.26. The van der Waals surface area contributed by atoms with Gasteiger partial charge in [-0.3, -0.25) is 10.2 Å². The number of nitrogens with zero attached hydrogens (tertiary/aromatic N) is 1. The average molecular weight is 422 g/mol. The van der Waals surface area contributed by atoms with E-state index in [9.17, 15) is 4.79 Å². The van der Waals surface area contributed by atoms with Gasteiger partial charge in [0, 0.05) is 28.3 Å². The number of anilines is 2. The van der Waals surface area contributed by atoms with Gasteiger partial charge in [0.1, 0.15) is 5.76 Å². The van der Waals surface area contributed by atoms with Crippen LogP contribution in [0, 0.1) is 12.3 Å². The maximum absolute atomic E-state index is 12.9. The summed E-state index contributed by atoms with van der Waals surface area (Å²) in [7, 11) is 0. The van der Waals surface area contributed by atoms with E-state index < -0.39 is 0 Å². The van der Waals surface area contributed by atoms with Crippen LogP contribution in [0.5, 0.6) is 0 Å². The third kappa shape index (κ3) is 4.26. The highest BCUT2D eigenvalue weighted by Gasteiger charge is 2.36. The Hall–Kier alpha value is -3.05. The van der Waals surface area contributed by atoms with E-state index in [1.807, 2.05) is 37.3 Å². The van der Waals surface area contributed by atoms with Crippen LogP contribution in [0.3, 0.4) is 0 Å². The number of hydrogen-bond acceptors (Lipinski definition) is 4. The maximum Gasteiger partial charge on any atom is 0.291 e. The molecular weight excluding hydrogens is 398 g/mol. The van der Waals surface area contributed by atoms with Crippen molar-refractivity contribution in [1.29, 1.82) is 0 Å². The molecule has 1 heterocycles. The van der Waals surface area contributed by atoms with Crippen molar-refractivity contribution in [2.75, 3.05) is 10.7 Å². The molecule has 4 rings (SSSR count). The molecule has 0 fully saturated rings. The molecule has 0 bridgehead atoms. The first-order chi connectivity index (χ1) is 14.3. The van der Waals surface area contributed by atoms with Crippen LogP contribution in [0.1, 0.15) is 47.7 Å². The summed E-state index contributed by atoms with van der Waals surface area (Å²) in [5.41, 5.74) is 7.28.